The number of ether oxygens (including phenoxy) is 3. The van der Waals surface area contributed by atoms with Crippen molar-refractivity contribution in [1.29, 1.82) is 0 Å². The van der Waals surface area contributed by atoms with Crippen LogP contribution in [0.4, 0.5) is 0 Å². The van der Waals surface area contributed by atoms with Crippen molar-refractivity contribution in [3.8, 4) is 17.2 Å². The van der Waals surface area contributed by atoms with Gasteiger partial charge in [0.1, 0.15) is 5.75 Å². The molecule has 2 aromatic carbocycles. The highest BCUT2D eigenvalue weighted by atomic mass is 16.5. The number of carboxylic acids is 1. The zero-order chi connectivity index (χ0) is 20.1. The first-order valence-electron chi connectivity index (χ1n) is 9.40. The van der Waals surface area contributed by atoms with Crippen molar-refractivity contribution in [2.75, 3.05) is 34.4 Å². The molecule has 1 N–H and O–H groups in total. The number of benzene rings is 2. The third-order valence-electron chi connectivity index (χ3n) is 5.33. The van der Waals surface area contributed by atoms with E-state index in [1.165, 1.54) is 0 Å². The first-order chi connectivity index (χ1) is 13.6. The number of carbonyl (C=O) groups is 1. The van der Waals surface area contributed by atoms with Gasteiger partial charge in [0.15, 0.2) is 11.5 Å². The van der Waals surface area contributed by atoms with E-state index >= 15 is 0 Å². The van der Waals surface area contributed by atoms with Gasteiger partial charge in [-0.2, -0.15) is 0 Å². The van der Waals surface area contributed by atoms with Gasteiger partial charge in [-0.1, -0.05) is 24.3 Å². The molecule has 2 atom stereocenters. The first kappa shape index (κ1) is 20.0. The summed E-state index contributed by atoms with van der Waals surface area (Å²) in [6.45, 7) is 1.31. The Hall–Kier alpha value is -2.73. The van der Waals surface area contributed by atoms with Crippen LogP contribution in [-0.2, 0) is 4.79 Å². The second kappa shape index (κ2) is 8.97. The maximum atomic E-state index is 11.6. The van der Waals surface area contributed by atoms with Crippen molar-refractivity contribution in [2.45, 2.75) is 18.9 Å². The number of hydrogen-bond donors (Lipinski definition) is 1. The quantitative estimate of drug-likeness (QED) is 0.785. The summed E-state index contributed by atoms with van der Waals surface area (Å²) >= 11 is 0. The summed E-state index contributed by atoms with van der Waals surface area (Å²) in [5.74, 6) is 0.998. The van der Waals surface area contributed by atoms with Crippen LogP contribution < -0.4 is 14.2 Å². The fourth-order valence-corrected chi connectivity index (χ4v) is 3.94. The van der Waals surface area contributed by atoms with Crippen LogP contribution in [0.15, 0.2) is 42.5 Å². The maximum absolute atomic E-state index is 11.6. The van der Waals surface area contributed by atoms with E-state index in [0.717, 1.165) is 29.8 Å². The van der Waals surface area contributed by atoms with Gasteiger partial charge < -0.3 is 19.3 Å². The Kier molecular flexibility index (Phi) is 6.41. The van der Waals surface area contributed by atoms with Gasteiger partial charge in [0, 0.05) is 12.1 Å². The average molecular weight is 385 g/mol. The zero-order valence-electron chi connectivity index (χ0n) is 16.6. The minimum atomic E-state index is -0.740. The Morgan fingerprint density at radius 3 is 2.43 bits per heavy atom. The number of methoxy groups -OCH3 is 3. The number of rotatable bonds is 7. The van der Waals surface area contributed by atoms with Crippen molar-refractivity contribution in [3.63, 3.8) is 0 Å². The van der Waals surface area contributed by atoms with Gasteiger partial charge in [-0.05, 0) is 43.1 Å². The lowest BCUT2D eigenvalue weighted by Gasteiger charge is -2.38. The molecule has 0 saturated carbocycles. The zero-order valence-corrected chi connectivity index (χ0v) is 16.6. The molecule has 2 aromatic rings. The number of aliphatic carboxylic acids is 1. The highest BCUT2D eigenvalue weighted by molar-refractivity contribution is 5.70. The van der Waals surface area contributed by atoms with Crippen molar-refractivity contribution in [2.24, 2.45) is 5.92 Å². The molecular weight excluding hydrogens is 358 g/mol. The van der Waals surface area contributed by atoms with Gasteiger partial charge in [-0.3, -0.25) is 9.69 Å². The normalized spacial score (nSPS) is 18.3. The third kappa shape index (κ3) is 4.07. The Balaban J connectivity index is 2.08. The van der Waals surface area contributed by atoms with Crippen molar-refractivity contribution >= 4 is 5.97 Å². The lowest BCUT2D eigenvalue weighted by molar-refractivity contribution is -0.143. The molecule has 6 heteroatoms. The summed E-state index contributed by atoms with van der Waals surface area (Å²) in [5.41, 5.74) is 2.01. The van der Waals surface area contributed by atoms with Crippen LogP contribution in [0.2, 0.25) is 0 Å². The second-order valence-corrected chi connectivity index (χ2v) is 6.93. The van der Waals surface area contributed by atoms with Gasteiger partial charge >= 0.3 is 5.97 Å². The van der Waals surface area contributed by atoms with Crippen LogP contribution in [-0.4, -0.2) is 50.4 Å². The van der Waals surface area contributed by atoms with Crippen LogP contribution in [0.25, 0.3) is 0 Å². The van der Waals surface area contributed by atoms with E-state index in [2.05, 4.69) is 4.90 Å². The lowest BCUT2D eigenvalue weighted by Crippen LogP contribution is -2.41. The summed E-state index contributed by atoms with van der Waals surface area (Å²) in [4.78, 5) is 13.8. The molecule has 28 heavy (non-hydrogen) atoms. The molecule has 0 bridgehead atoms. The van der Waals surface area contributed by atoms with Crippen LogP contribution in [0.1, 0.15) is 30.0 Å². The van der Waals surface area contributed by atoms with Crippen molar-refractivity contribution in [1.82, 2.24) is 4.90 Å². The molecule has 1 heterocycles. The van der Waals surface area contributed by atoms with E-state index in [4.69, 9.17) is 14.2 Å². The monoisotopic (exact) mass is 385 g/mol. The SMILES string of the molecule is COc1ccc(C(c2cccc(OC)c2OC)N2CCCC(C(=O)O)C2)cc1. The van der Waals surface area contributed by atoms with Crippen LogP contribution in [0.3, 0.4) is 0 Å². The van der Waals surface area contributed by atoms with Crippen LogP contribution in [0.5, 0.6) is 17.2 Å². The molecule has 0 aromatic heterocycles. The van der Waals surface area contributed by atoms with E-state index in [1.54, 1.807) is 21.3 Å². The predicted molar refractivity (Wildman–Crippen MR) is 106 cm³/mol. The molecule has 0 spiro atoms. The molecule has 0 aliphatic carbocycles. The molecule has 6 nitrogen and oxygen atoms in total. The molecule has 0 amide bonds. The van der Waals surface area contributed by atoms with Crippen LogP contribution >= 0.6 is 0 Å². The fraction of sp³-hybridized carbons (Fsp3) is 0.409. The van der Waals surface area contributed by atoms with E-state index < -0.39 is 5.97 Å². The topological polar surface area (TPSA) is 68.2 Å². The summed E-state index contributed by atoms with van der Waals surface area (Å²) in [5, 5.41) is 9.54. The largest absolute Gasteiger partial charge is 0.497 e. The highest BCUT2D eigenvalue weighted by Crippen LogP contribution is 2.41. The molecule has 150 valence electrons. The second-order valence-electron chi connectivity index (χ2n) is 6.93. The Morgan fingerprint density at radius 2 is 1.82 bits per heavy atom. The summed E-state index contributed by atoms with van der Waals surface area (Å²) in [6.07, 6.45) is 1.55. The van der Waals surface area contributed by atoms with E-state index in [1.807, 2.05) is 42.5 Å². The number of nitrogens with zero attached hydrogens (tertiary/aromatic N) is 1. The van der Waals surface area contributed by atoms with Crippen LogP contribution in [0, 0.1) is 5.92 Å². The molecule has 3 rings (SSSR count). The number of likely N-dealkylation sites (tertiary alicyclic amines) is 1. The van der Waals surface area contributed by atoms with E-state index in [9.17, 15) is 9.90 Å². The number of carboxylic acid groups (broad SMARTS) is 1. The Bertz CT molecular complexity index is 805. The molecule has 1 aliphatic rings. The summed E-state index contributed by atoms with van der Waals surface area (Å²) < 4.78 is 16.5. The Morgan fingerprint density at radius 1 is 1.07 bits per heavy atom. The summed E-state index contributed by atoms with van der Waals surface area (Å²) in [6, 6.07) is 13.6. The molecule has 1 fully saturated rings. The number of piperidine rings is 1. The minimum absolute atomic E-state index is 0.141. The summed E-state index contributed by atoms with van der Waals surface area (Å²) in [7, 11) is 4.88. The van der Waals surface area contributed by atoms with Crippen molar-refractivity contribution in [3.05, 3.63) is 53.6 Å². The molecule has 1 aliphatic heterocycles. The van der Waals surface area contributed by atoms with Gasteiger partial charge in [0.2, 0.25) is 0 Å². The molecule has 2 unspecified atom stereocenters. The lowest BCUT2D eigenvalue weighted by atomic mass is 9.91. The van der Waals surface area contributed by atoms with E-state index in [-0.39, 0.29) is 12.0 Å². The van der Waals surface area contributed by atoms with Gasteiger partial charge in [-0.25, -0.2) is 0 Å². The van der Waals surface area contributed by atoms with Gasteiger partial charge in [-0.15, -0.1) is 0 Å². The highest BCUT2D eigenvalue weighted by Gasteiger charge is 2.33. The van der Waals surface area contributed by atoms with Crippen molar-refractivity contribution < 1.29 is 24.1 Å². The van der Waals surface area contributed by atoms with Gasteiger partial charge in [0.25, 0.3) is 0 Å². The number of hydrogen-bond acceptors (Lipinski definition) is 5. The van der Waals surface area contributed by atoms with Gasteiger partial charge in [0.05, 0.1) is 33.3 Å². The molecule has 1 saturated heterocycles. The predicted octanol–water partition coefficient (Wildman–Crippen LogP) is 3.60. The first-order valence-corrected chi connectivity index (χ1v) is 9.40. The standard InChI is InChI=1S/C22H27NO5/c1-26-17-11-9-15(10-12-17)20(23-13-5-6-16(14-23)22(24)25)18-7-4-8-19(27-2)21(18)28-3/h4,7-12,16,20H,5-6,13-14H2,1-3H3,(H,24,25). The molecule has 0 radical (unpaired) electrons. The smallest absolute Gasteiger partial charge is 0.307 e. The third-order valence-corrected chi connectivity index (χ3v) is 5.33. The maximum Gasteiger partial charge on any atom is 0.307 e. The Labute approximate surface area is 165 Å². The molecular formula is C22H27NO5. The number of para-hydroxylation sites is 1. The fourth-order valence-electron chi connectivity index (χ4n) is 3.94. The minimum Gasteiger partial charge on any atom is -0.497 e. The van der Waals surface area contributed by atoms with E-state index in [0.29, 0.717) is 24.5 Å². The average Bonchev–Trinajstić information content (AvgIpc) is 2.74.